The molecule has 0 aliphatic carbocycles. The molecule has 0 saturated carbocycles. The fourth-order valence-corrected chi connectivity index (χ4v) is 1.77. The van der Waals surface area contributed by atoms with Gasteiger partial charge in [-0.15, -0.1) is 0 Å². The molecule has 1 aromatic rings. The number of rotatable bonds is 2. The first-order valence-corrected chi connectivity index (χ1v) is 4.63. The van der Waals surface area contributed by atoms with E-state index in [2.05, 4.69) is 10.4 Å². The van der Waals surface area contributed by atoms with Gasteiger partial charge in [-0.25, -0.2) is 0 Å². The molecule has 1 aromatic heterocycles. The van der Waals surface area contributed by atoms with Crippen molar-refractivity contribution in [2.75, 3.05) is 13.1 Å². The Bertz CT molecular complexity index is 284. The van der Waals surface area contributed by atoms with Gasteiger partial charge in [-0.05, 0) is 12.5 Å². The van der Waals surface area contributed by atoms with Crippen LogP contribution in [0.1, 0.15) is 5.69 Å². The summed E-state index contributed by atoms with van der Waals surface area (Å²) in [5.74, 6) is 0.329. The van der Waals surface area contributed by atoms with Crippen molar-refractivity contribution in [2.24, 2.45) is 13.0 Å². The Morgan fingerprint density at radius 1 is 1.69 bits per heavy atom. The molecule has 72 valence electrons. The van der Waals surface area contributed by atoms with Crippen LogP contribution < -0.4 is 5.32 Å². The van der Waals surface area contributed by atoms with Crippen molar-refractivity contribution in [1.82, 2.24) is 15.1 Å². The zero-order valence-electron chi connectivity index (χ0n) is 7.77. The number of aryl methyl sites for hydroxylation is 1. The van der Waals surface area contributed by atoms with Crippen molar-refractivity contribution in [3.05, 3.63) is 18.0 Å². The second-order valence-electron chi connectivity index (χ2n) is 3.67. The Kier molecular flexibility index (Phi) is 2.33. The van der Waals surface area contributed by atoms with Gasteiger partial charge in [-0.1, -0.05) is 0 Å². The molecule has 1 aliphatic heterocycles. The third-order valence-electron chi connectivity index (χ3n) is 2.54. The summed E-state index contributed by atoms with van der Waals surface area (Å²) >= 11 is 0. The van der Waals surface area contributed by atoms with Gasteiger partial charge in [-0.2, -0.15) is 5.10 Å². The van der Waals surface area contributed by atoms with Gasteiger partial charge >= 0.3 is 0 Å². The minimum absolute atomic E-state index is 0.206. The summed E-state index contributed by atoms with van der Waals surface area (Å²) < 4.78 is 1.80. The predicted octanol–water partition coefficient (Wildman–Crippen LogP) is -0.457. The van der Waals surface area contributed by atoms with Gasteiger partial charge in [0.15, 0.2) is 0 Å². The van der Waals surface area contributed by atoms with Gasteiger partial charge in [0.1, 0.15) is 0 Å². The maximum Gasteiger partial charge on any atom is 0.0708 e. The number of hydrogen-bond acceptors (Lipinski definition) is 3. The van der Waals surface area contributed by atoms with Crippen LogP contribution in [0.15, 0.2) is 12.3 Å². The summed E-state index contributed by atoms with van der Waals surface area (Å²) in [5.41, 5.74) is 1.07. The van der Waals surface area contributed by atoms with E-state index in [1.165, 1.54) is 0 Å². The van der Waals surface area contributed by atoms with Crippen molar-refractivity contribution in [1.29, 1.82) is 0 Å². The molecular weight excluding hydrogens is 166 g/mol. The van der Waals surface area contributed by atoms with Crippen LogP contribution in [-0.2, 0) is 13.5 Å². The van der Waals surface area contributed by atoms with Crippen molar-refractivity contribution < 1.29 is 5.11 Å². The van der Waals surface area contributed by atoms with E-state index < -0.39 is 0 Å². The van der Waals surface area contributed by atoms with Crippen LogP contribution in [0.5, 0.6) is 0 Å². The van der Waals surface area contributed by atoms with Gasteiger partial charge in [0.2, 0.25) is 0 Å². The first-order chi connectivity index (χ1) is 6.25. The van der Waals surface area contributed by atoms with E-state index in [1.54, 1.807) is 4.68 Å². The predicted molar refractivity (Wildman–Crippen MR) is 49.3 cm³/mol. The average molecular weight is 181 g/mol. The van der Waals surface area contributed by atoms with Crippen LogP contribution in [0, 0.1) is 5.92 Å². The highest BCUT2D eigenvalue weighted by atomic mass is 16.3. The minimum Gasteiger partial charge on any atom is -0.391 e. The van der Waals surface area contributed by atoms with Gasteiger partial charge in [-0.3, -0.25) is 4.68 Å². The lowest BCUT2D eigenvalue weighted by molar-refractivity contribution is 0.147. The maximum absolute atomic E-state index is 9.56. The highest BCUT2D eigenvalue weighted by molar-refractivity contribution is 5.02. The van der Waals surface area contributed by atoms with Crippen molar-refractivity contribution in [3.8, 4) is 0 Å². The molecule has 0 bridgehead atoms. The topological polar surface area (TPSA) is 50.1 Å². The fraction of sp³-hybridized carbons (Fsp3) is 0.667. The molecule has 2 N–H and O–H groups in total. The molecule has 1 fully saturated rings. The summed E-state index contributed by atoms with van der Waals surface area (Å²) in [6.07, 6.45) is 2.60. The summed E-state index contributed by atoms with van der Waals surface area (Å²) in [6.45, 7) is 1.62. The molecule has 2 rings (SSSR count). The number of β-amino-alcohol motifs (C(OH)–C–C–N with tert-alkyl or cyclic N) is 1. The number of aliphatic hydroxyl groups excluding tert-OH is 1. The second-order valence-corrected chi connectivity index (χ2v) is 3.67. The molecule has 2 heterocycles. The Morgan fingerprint density at radius 2 is 2.54 bits per heavy atom. The van der Waals surface area contributed by atoms with Gasteiger partial charge in [0, 0.05) is 32.3 Å². The van der Waals surface area contributed by atoms with Crippen LogP contribution >= 0.6 is 0 Å². The Morgan fingerprint density at radius 3 is 3.08 bits per heavy atom. The summed E-state index contributed by atoms with van der Waals surface area (Å²) in [4.78, 5) is 0. The van der Waals surface area contributed by atoms with Crippen LogP contribution in [0.2, 0.25) is 0 Å². The Hall–Kier alpha value is -0.870. The molecular formula is C9H15N3O. The number of aliphatic hydroxyl groups is 1. The average Bonchev–Trinajstić information content (AvgIpc) is 2.64. The monoisotopic (exact) mass is 181 g/mol. The van der Waals surface area contributed by atoms with Crippen LogP contribution in [0.25, 0.3) is 0 Å². The first kappa shape index (κ1) is 8.72. The maximum atomic E-state index is 9.56. The van der Waals surface area contributed by atoms with E-state index in [9.17, 15) is 5.11 Å². The number of hydrogen-bond donors (Lipinski definition) is 2. The molecule has 13 heavy (non-hydrogen) atoms. The molecule has 4 nitrogen and oxygen atoms in total. The molecule has 2 unspecified atom stereocenters. The quantitative estimate of drug-likeness (QED) is 0.649. The molecule has 0 amide bonds. The highest BCUT2D eigenvalue weighted by Gasteiger charge is 2.25. The number of nitrogens with zero attached hydrogens (tertiary/aromatic N) is 2. The van der Waals surface area contributed by atoms with E-state index in [0.29, 0.717) is 5.92 Å². The van der Waals surface area contributed by atoms with Crippen molar-refractivity contribution in [2.45, 2.75) is 12.5 Å². The fourth-order valence-electron chi connectivity index (χ4n) is 1.77. The highest BCUT2D eigenvalue weighted by Crippen LogP contribution is 2.14. The lowest BCUT2D eigenvalue weighted by Crippen LogP contribution is -2.20. The molecule has 0 radical (unpaired) electrons. The van der Waals surface area contributed by atoms with Crippen molar-refractivity contribution in [3.63, 3.8) is 0 Å². The minimum atomic E-state index is -0.206. The summed E-state index contributed by atoms with van der Waals surface area (Å²) in [7, 11) is 1.91. The molecule has 0 spiro atoms. The molecule has 1 aliphatic rings. The van der Waals surface area contributed by atoms with E-state index in [0.717, 1.165) is 25.2 Å². The lowest BCUT2D eigenvalue weighted by atomic mass is 10.0. The lowest BCUT2D eigenvalue weighted by Gasteiger charge is -2.10. The van der Waals surface area contributed by atoms with Gasteiger partial charge < -0.3 is 10.4 Å². The normalized spacial score (nSPS) is 28.2. The van der Waals surface area contributed by atoms with Crippen molar-refractivity contribution >= 4 is 0 Å². The number of aromatic nitrogens is 2. The van der Waals surface area contributed by atoms with Gasteiger partial charge in [0.25, 0.3) is 0 Å². The van der Waals surface area contributed by atoms with E-state index >= 15 is 0 Å². The van der Waals surface area contributed by atoms with E-state index in [4.69, 9.17) is 0 Å². The Balaban J connectivity index is 1.97. The zero-order valence-corrected chi connectivity index (χ0v) is 7.77. The smallest absolute Gasteiger partial charge is 0.0708 e. The molecule has 2 atom stereocenters. The van der Waals surface area contributed by atoms with Crippen LogP contribution in [0.4, 0.5) is 0 Å². The zero-order chi connectivity index (χ0) is 9.26. The standard InChI is InChI=1S/C9H15N3O/c1-12-3-2-8(11-12)4-7-5-10-6-9(7)13/h2-3,7,9-10,13H,4-6H2,1H3. The third kappa shape index (κ3) is 1.89. The largest absolute Gasteiger partial charge is 0.391 e. The van der Waals surface area contributed by atoms with Crippen LogP contribution in [0.3, 0.4) is 0 Å². The second kappa shape index (κ2) is 3.47. The molecule has 0 aromatic carbocycles. The third-order valence-corrected chi connectivity index (χ3v) is 2.54. The molecule has 4 heteroatoms. The van der Waals surface area contributed by atoms with Gasteiger partial charge in [0.05, 0.1) is 11.8 Å². The summed E-state index contributed by atoms with van der Waals surface area (Å²) in [6, 6.07) is 2.00. The summed E-state index contributed by atoms with van der Waals surface area (Å²) in [5, 5.41) is 17.0. The molecule has 1 saturated heterocycles. The Labute approximate surface area is 77.6 Å². The van der Waals surface area contributed by atoms with Crippen LogP contribution in [-0.4, -0.2) is 34.1 Å². The van der Waals surface area contributed by atoms with E-state index in [1.807, 2.05) is 19.3 Å². The number of nitrogens with one attached hydrogen (secondary N) is 1. The van der Waals surface area contributed by atoms with E-state index in [-0.39, 0.29) is 6.10 Å². The SMILES string of the molecule is Cn1ccc(CC2CNCC2O)n1. The first-order valence-electron chi connectivity index (χ1n) is 4.63.